The Balaban J connectivity index is 3.35. The summed E-state index contributed by atoms with van der Waals surface area (Å²) in [4.78, 5) is 0. The molecule has 0 aliphatic rings. The second-order valence-electron chi connectivity index (χ2n) is 3.28. The molecule has 1 aromatic rings. The van der Waals surface area contributed by atoms with E-state index in [0.29, 0.717) is 4.31 Å². The number of amidine groups is 1. The maximum atomic E-state index is 12.4. The molecule has 0 saturated carbocycles. The number of alkyl halides is 2. The molecule has 18 heavy (non-hydrogen) atoms. The molecule has 0 fully saturated rings. The van der Waals surface area contributed by atoms with Gasteiger partial charge in [0.25, 0.3) is 10.0 Å². The van der Waals surface area contributed by atoms with Gasteiger partial charge in [-0.1, -0.05) is 17.3 Å². The minimum absolute atomic E-state index is 0.0340. The summed E-state index contributed by atoms with van der Waals surface area (Å²) in [6, 6.07) is 5.57. The van der Waals surface area contributed by atoms with E-state index in [1.807, 2.05) is 0 Å². The number of rotatable bonds is 4. The maximum Gasteiger partial charge on any atom is 0.355 e. The third-order valence-corrected chi connectivity index (χ3v) is 3.64. The van der Waals surface area contributed by atoms with Crippen LogP contribution in [0.4, 0.5) is 14.5 Å². The summed E-state index contributed by atoms with van der Waals surface area (Å²) in [6.45, 7) is 0. The van der Waals surface area contributed by atoms with Crippen LogP contribution in [0, 0.1) is 0 Å². The Labute approximate surface area is 102 Å². The van der Waals surface area contributed by atoms with Gasteiger partial charge in [0.1, 0.15) is 0 Å². The van der Waals surface area contributed by atoms with Gasteiger partial charge in [-0.3, -0.25) is 4.31 Å². The fourth-order valence-electron chi connectivity index (χ4n) is 1.28. The third kappa shape index (κ3) is 2.50. The van der Waals surface area contributed by atoms with Crippen molar-refractivity contribution in [3.05, 3.63) is 29.8 Å². The molecule has 0 atom stereocenters. The van der Waals surface area contributed by atoms with Crippen LogP contribution in [-0.2, 0) is 10.0 Å². The molecule has 1 rings (SSSR count). The molecule has 0 unspecified atom stereocenters. The molecule has 0 bridgehead atoms. The molecule has 0 saturated heterocycles. The molecule has 0 heterocycles. The van der Waals surface area contributed by atoms with E-state index < -0.39 is 15.8 Å². The quantitative estimate of drug-likeness (QED) is 0.368. The van der Waals surface area contributed by atoms with Crippen LogP contribution in [0.3, 0.4) is 0 Å². The van der Waals surface area contributed by atoms with Gasteiger partial charge in [-0.25, -0.2) is 8.42 Å². The zero-order valence-corrected chi connectivity index (χ0v) is 10.1. The zero-order valence-electron chi connectivity index (χ0n) is 9.29. The first-order valence-corrected chi connectivity index (χ1v) is 6.15. The van der Waals surface area contributed by atoms with E-state index >= 15 is 0 Å². The summed E-state index contributed by atoms with van der Waals surface area (Å²) in [5.41, 5.74) is 5.27. The first-order valence-electron chi connectivity index (χ1n) is 4.65. The summed E-state index contributed by atoms with van der Waals surface area (Å²) >= 11 is 0. The molecule has 0 aromatic heterocycles. The van der Waals surface area contributed by atoms with Crippen molar-refractivity contribution in [3.8, 4) is 0 Å². The van der Waals surface area contributed by atoms with Gasteiger partial charge >= 0.3 is 5.76 Å². The molecule has 0 aliphatic heterocycles. The van der Waals surface area contributed by atoms with Crippen molar-refractivity contribution in [2.75, 3.05) is 11.4 Å². The first kappa shape index (κ1) is 14.2. The normalized spacial score (nSPS) is 12.8. The molecular weight excluding hydrogens is 268 g/mol. The average molecular weight is 279 g/mol. The molecular formula is C9H11F2N3O3S. The van der Waals surface area contributed by atoms with Crippen LogP contribution < -0.4 is 10.0 Å². The predicted molar refractivity (Wildman–Crippen MR) is 62.3 cm³/mol. The van der Waals surface area contributed by atoms with E-state index in [2.05, 4.69) is 5.16 Å². The van der Waals surface area contributed by atoms with Gasteiger partial charge in [-0.2, -0.15) is 8.78 Å². The van der Waals surface area contributed by atoms with Gasteiger partial charge in [-0.05, 0) is 12.1 Å². The van der Waals surface area contributed by atoms with Gasteiger partial charge in [0.2, 0.25) is 0 Å². The lowest BCUT2D eigenvalue weighted by molar-refractivity contribution is 0.234. The van der Waals surface area contributed by atoms with Crippen LogP contribution in [0.15, 0.2) is 29.4 Å². The minimum Gasteiger partial charge on any atom is -0.409 e. The molecule has 1 aromatic carbocycles. The van der Waals surface area contributed by atoms with Gasteiger partial charge in [-0.15, -0.1) is 0 Å². The molecule has 0 radical (unpaired) electrons. The summed E-state index contributed by atoms with van der Waals surface area (Å²) in [7, 11) is -3.82. The Hall–Kier alpha value is -1.90. The number of nitrogens with two attached hydrogens (primary N) is 1. The smallest absolute Gasteiger partial charge is 0.355 e. The van der Waals surface area contributed by atoms with Crippen LogP contribution in [0.5, 0.6) is 0 Å². The van der Waals surface area contributed by atoms with Crippen molar-refractivity contribution in [2.45, 2.75) is 5.76 Å². The molecule has 100 valence electrons. The number of hydrogen-bond donors (Lipinski definition) is 2. The maximum absolute atomic E-state index is 12.4. The van der Waals surface area contributed by atoms with Crippen LogP contribution in [-0.4, -0.2) is 32.3 Å². The Bertz CT molecular complexity index is 560. The Morgan fingerprint density at radius 2 is 2.00 bits per heavy atom. The Morgan fingerprint density at radius 1 is 1.44 bits per heavy atom. The van der Waals surface area contributed by atoms with E-state index in [-0.39, 0.29) is 17.1 Å². The largest absolute Gasteiger partial charge is 0.409 e. The van der Waals surface area contributed by atoms with Crippen molar-refractivity contribution < 1.29 is 22.4 Å². The summed E-state index contributed by atoms with van der Waals surface area (Å²) in [6.07, 6.45) is 0. The highest BCUT2D eigenvalue weighted by atomic mass is 32.2. The van der Waals surface area contributed by atoms with Gasteiger partial charge in [0.15, 0.2) is 5.84 Å². The average Bonchev–Trinajstić information content (AvgIpc) is 2.36. The first-order chi connectivity index (χ1) is 8.32. The number of anilines is 1. The van der Waals surface area contributed by atoms with E-state index in [9.17, 15) is 17.2 Å². The van der Waals surface area contributed by atoms with Crippen LogP contribution in [0.25, 0.3) is 0 Å². The Morgan fingerprint density at radius 3 is 2.50 bits per heavy atom. The zero-order chi connectivity index (χ0) is 13.9. The number of nitrogens with zero attached hydrogens (tertiary/aromatic N) is 2. The monoisotopic (exact) mass is 279 g/mol. The second kappa shape index (κ2) is 5.17. The van der Waals surface area contributed by atoms with Gasteiger partial charge in [0, 0.05) is 12.6 Å². The number of halogens is 2. The number of hydrogen-bond acceptors (Lipinski definition) is 4. The minimum atomic E-state index is -4.79. The van der Waals surface area contributed by atoms with E-state index in [4.69, 9.17) is 10.9 Å². The highest BCUT2D eigenvalue weighted by molar-refractivity contribution is 7.93. The highest BCUT2D eigenvalue weighted by Crippen LogP contribution is 2.24. The fraction of sp³-hybridized carbons (Fsp3) is 0.222. The predicted octanol–water partition coefficient (Wildman–Crippen LogP) is 0.770. The van der Waals surface area contributed by atoms with Gasteiger partial charge in [0.05, 0.1) is 5.69 Å². The Kier molecular flexibility index (Phi) is 4.07. The standard InChI is InChI=1S/C9H11F2N3O3S/c1-14(18(16,17)9(10)11)7-5-3-2-4-6(7)8(12)13-15/h2-5,9,15H,1H3,(H2,12,13). The van der Waals surface area contributed by atoms with Crippen molar-refractivity contribution >= 4 is 21.5 Å². The molecule has 0 aliphatic carbocycles. The van der Waals surface area contributed by atoms with Crippen molar-refractivity contribution in [1.29, 1.82) is 0 Å². The third-order valence-electron chi connectivity index (χ3n) is 2.23. The topological polar surface area (TPSA) is 96.0 Å². The van der Waals surface area contributed by atoms with E-state index in [1.165, 1.54) is 24.3 Å². The van der Waals surface area contributed by atoms with Crippen LogP contribution >= 0.6 is 0 Å². The SMILES string of the molecule is CN(c1ccccc1C(N)=NO)S(=O)(=O)C(F)F. The summed E-state index contributed by atoms with van der Waals surface area (Å²) in [5.74, 6) is -3.93. The summed E-state index contributed by atoms with van der Waals surface area (Å²) < 4.78 is 47.9. The summed E-state index contributed by atoms with van der Waals surface area (Å²) in [5, 5.41) is 11.3. The lowest BCUT2D eigenvalue weighted by atomic mass is 10.1. The van der Waals surface area contributed by atoms with E-state index in [0.717, 1.165) is 7.05 Å². The lowest BCUT2D eigenvalue weighted by Crippen LogP contribution is -2.33. The van der Waals surface area contributed by atoms with Crippen molar-refractivity contribution in [3.63, 3.8) is 0 Å². The van der Waals surface area contributed by atoms with Crippen LogP contribution in [0.1, 0.15) is 5.56 Å². The number of oxime groups is 1. The molecule has 9 heteroatoms. The number of sulfonamides is 1. The second-order valence-corrected chi connectivity index (χ2v) is 5.21. The molecule has 3 N–H and O–H groups in total. The van der Waals surface area contributed by atoms with Crippen LogP contribution in [0.2, 0.25) is 0 Å². The van der Waals surface area contributed by atoms with Crippen molar-refractivity contribution in [1.82, 2.24) is 0 Å². The number of benzene rings is 1. The molecule has 0 spiro atoms. The van der Waals surface area contributed by atoms with Crippen molar-refractivity contribution in [2.24, 2.45) is 10.9 Å². The molecule has 6 nitrogen and oxygen atoms in total. The fourth-order valence-corrected chi connectivity index (χ4v) is 1.95. The highest BCUT2D eigenvalue weighted by Gasteiger charge is 2.31. The van der Waals surface area contributed by atoms with Gasteiger partial charge < -0.3 is 10.9 Å². The lowest BCUT2D eigenvalue weighted by Gasteiger charge is -2.21. The molecule has 0 amide bonds. The number of para-hydroxylation sites is 1. The van der Waals surface area contributed by atoms with E-state index in [1.54, 1.807) is 0 Å².